The molecule has 0 fully saturated rings. The number of aryl methyl sites for hydroxylation is 1. The van der Waals surface area contributed by atoms with Crippen LogP contribution in [-0.2, 0) is 12.2 Å². The Morgan fingerprint density at radius 3 is 2.49 bits per heavy atom. The second kappa shape index (κ2) is 11.7. The molecular weight excluding hydrogens is 493 g/mol. The molecule has 8 nitrogen and oxygen atoms in total. The lowest BCUT2D eigenvalue weighted by Crippen LogP contribution is -2.12. The van der Waals surface area contributed by atoms with Crippen molar-refractivity contribution in [3.05, 3.63) is 83.0 Å². The Morgan fingerprint density at radius 1 is 1.05 bits per heavy atom. The number of thioether (sulfide) groups is 1. The molecule has 0 radical (unpaired) electrons. The van der Waals surface area contributed by atoms with Crippen LogP contribution >= 0.6 is 11.8 Å². The number of aromatic nitrogens is 2. The summed E-state index contributed by atoms with van der Waals surface area (Å²) in [5, 5.41) is 38.7. The zero-order chi connectivity index (χ0) is 26.4. The van der Waals surface area contributed by atoms with Gasteiger partial charge in [0.05, 0.1) is 24.0 Å². The van der Waals surface area contributed by atoms with Crippen molar-refractivity contribution in [1.82, 2.24) is 9.97 Å². The summed E-state index contributed by atoms with van der Waals surface area (Å²) in [4.78, 5) is 8.70. The van der Waals surface area contributed by atoms with Crippen molar-refractivity contribution in [1.29, 1.82) is 10.5 Å². The van der Waals surface area contributed by atoms with Crippen molar-refractivity contribution in [3.8, 4) is 34.7 Å². The summed E-state index contributed by atoms with van der Waals surface area (Å²) in [5.74, 6) is 0.188. The van der Waals surface area contributed by atoms with Gasteiger partial charge in [-0.05, 0) is 42.2 Å². The Bertz CT molecular complexity index is 1490. The highest BCUT2D eigenvalue weighted by Gasteiger charge is 2.21. The second-order valence-corrected chi connectivity index (χ2v) is 9.13. The number of anilines is 1. The fourth-order valence-electron chi connectivity index (χ4n) is 3.72. The average Bonchev–Trinajstić information content (AvgIpc) is 3.39. The molecule has 0 spiro atoms. The van der Waals surface area contributed by atoms with Crippen molar-refractivity contribution in [2.45, 2.75) is 29.7 Å². The van der Waals surface area contributed by atoms with E-state index in [2.05, 4.69) is 22.1 Å². The van der Waals surface area contributed by atoms with Crippen LogP contribution in [0.2, 0.25) is 0 Å². The van der Waals surface area contributed by atoms with Crippen molar-refractivity contribution in [3.63, 3.8) is 0 Å². The van der Waals surface area contributed by atoms with E-state index in [0.29, 0.717) is 46.0 Å². The molecular formula is C27H22FN5O3S. The first-order valence-electron chi connectivity index (χ1n) is 11.3. The summed E-state index contributed by atoms with van der Waals surface area (Å²) >= 11 is 1.22. The zero-order valence-electron chi connectivity index (χ0n) is 19.6. The van der Waals surface area contributed by atoms with Gasteiger partial charge >= 0.3 is 0 Å². The maximum Gasteiger partial charge on any atom is 0.226 e. The zero-order valence-corrected chi connectivity index (χ0v) is 20.4. The molecule has 0 saturated carbocycles. The van der Waals surface area contributed by atoms with Crippen molar-refractivity contribution < 1.29 is 19.0 Å². The highest BCUT2D eigenvalue weighted by Crippen LogP contribution is 2.37. The van der Waals surface area contributed by atoms with Crippen LogP contribution < -0.4 is 5.73 Å². The Morgan fingerprint density at radius 2 is 1.81 bits per heavy atom. The number of halogens is 1. The number of nitrogen functional groups attached to an aromatic ring is 1. The first-order valence-corrected chi connectivity index (χ1v) is 12.3. The molecule has 2 aromatic heterocycles. The lowest BCUT2D eigenvalue weighted by molar-refractivity contribution is 0.0886. The molecule has 10 heteroatoms. The lowest BCUT2D eigenvalue weighted by atomic mass is 9.95. The third-order valence-corrected chi connectivity index (χ3v) is 6.62. The number of oxazole rings is 1. The number of aliphatic hydroxyl groups excluding tert-OH is 2. The minimum atomic E-state index is -0.788. The molecule has 4 rings (SSSR count). The minimum Gasteiger partial charge on any atom is -0.444 e. The van der Waals surface area contributed by atoms with Gasteiger partial charge in [-0.25, -0.2) is 14.4 Å². The normalized spacial score (nSPS) is 11.6. The van der Waals surface area contributed by atoms with Gasteiger partial charge in [0.25, 0.3) is 0 Å². The van der Waals surface area contributed by atoms with Gasteiger partial charge in [0.2, 0.25) is 5.89 Å². The topological polar surface area (TPSA) is 153 Å². The Labute approximate surface area is 216 Å². The maximum absolute atomic E-state index is 13.5. The standard InChI is InChI=1S/C27H22FN5O3S/c28-19-3-1-2-18(10-19)26-32-20(14-36-26)15-37-27-23(12-30)24(22(11-29)25(31)33-27)17-7-4-16(5-8-17)6-9-21(35)13-34/h1-5,7-8,10,14,21,34-35H,6,9,13,15H2,(H2,31,33)/t21-/m0/s1. The van der Waals surface area contributed by atoms with Crippen LogP contribution in [-0.4, -0.2) is 32.9 Å². The number of rotatable bonds is 9. The fraction of sp³-hybridized carbons (Fsp3) is 0.185. The Balaban J connectivity index is 1.60. The fourth-order valence-corrected chi connectivity index (χ4v) is 4.60. The van der Waals surface area contributed by atoms with E-state index in [1.807, 2.05) is 12.1 Å². The van der Waals surface area contributed by atoms with E-state index < -0.39 is 11.9 Å². The number of benzene rings is 2. The maximum atomic E-state index is 13.5. The monoisotopic (exact) mass is 515 g/mol. The molecule has 0 aliphatic carbocycles. The molecule has 1 atom stereocenters. The van der Waals surface area contributed by atoms with Crippen LogP contribution in [0.15, 0.2) is 64.2 Å². The number of nitrogens with two attached hydrogens (primary N) is 1. The third kappa shape index (κ3) is 5.96. The number of nitriles is 2. The highest BCUT2D eigenvalue weighted by atomic mass is 32.2. The van der Waals surface area contributed by atoms with Crippen LogP contribution in [0.25, 0.3) is 22.6 Å². The lowest BCUT2D eigenvalue weighted by Gasteiger charge is -2.13. The summed E-state index contributed by atoms with van der Waals surface area (Å²) in [6, 6.07) is 17.4. The first-order chi connectivity index (χ1) is 17.9. The molecule has 0 unspecified atom stereocenters. The average molecular weight is 516 g/mol. The van der Waals surface area contributed by atoms with E-state index in [1.54, 1.807) is 24.3 Å². The first kappa shape index (κ1) is 25.9. The van der Waals surface area contributed by atoms with Gasteiger partial charge in [0.15, 0.2) is 0 Å². The number of pyridine rings is 1. The summed E-state index contributed by atoms with van der Waals surface area (Å²) in [5.41, 5.74) is 9.46. The summed E-state index contributed by atoms with van der Waals surface area (Å²) in [7, 11) is 0. The molecule has 0 aliphatic rings. The summed E-state index contributed by atoms with van der Waals surface area (Å²) in [6.07, 6.45) is 1.64. The van der Waals surface area contributed by atoms with Crippen LogP contribution in [0.4, 0.5) is 10.2 Å². The van der Waals surface area contributed by atoms with E-state index in [-0.39, 0.29) is 29.4 Å². The van der Waals surface area contributed by atoms with Crippen molar-refractivity contribution in [2.24, 2.45) is 0 Å². The van der Waals surface area contributed by atoms with Crippen LogP contribution in [0, 0.1) is 28.5 Å². The smallest absolute Gasteiger partial charge is 0.226 e. The molecule has 2 heterocycles. The summed E-state index contributed by atoms with van der Waals surface area (Å²) in [6.45, 7) is -0.299. The quantitative estimate of drug-likeness (QED) is 0.274. The van der Waals surface area contributed by atoms with E-state index >= 15 is 0 Å². The molecule has 4 N–H and O–H groups in total. The SMILES string of the molecule is N#Cc1c(N)nc(SCc2coc(-c3cccc(F)c3)n2)c(C#N)c1-c1ccc(CC[C@H](O)CO)cc1. The van der Waals surface area contributed by atoms with Gasteiger partial charge in [0, 0.05) is 16.9 Å². The van der Waals surface area contributed by atoms with E-state index in [9.17, 15) is 20.0 Å². The summed E-state index contributed by atoms with van der Waals surface area (Å²) < 4.78 is 19.0. The Hall–Kier alpha value is -4.22. The predicted molar refractivity (Wildman–Crippen MR) is 136 cm³/mol. The van der Waals surface area contributed by atoms with Crippen LogP contribution in [0.3, 0.4) is 0 Å². The third-order valence-electron chi connectivity index (χ3n) is 5.62. The molecule has 0 saturated heterocycles. The van der Waals surface area contributed by atoms with Crippen molar-refractivity contribution in [2.75, 3.05) is 12.3 Å². The van der Waals surface area contributed by atoms with Gasteiger partial charge in [0.1, 0.15) is 40.6 Å². The molecule has 186 valence electrons. The molecule has 37 heavy (non-hydrogen) atoms. The molecule has 0 bridgehead atoms. The number of nitrogens with zero attached hydrogens (tertiary/aromatic N) is 4. The Kier molecular flexibility index (Phi) is 8.16. The van der Waals surface area contributed by atoms with E-state index in [4.69, 9.17) is 15.3 Å². The largest absolute Gasteiger partial charge is 0.444 e. The van der Waals surface area contributed by atoms with Gasteiger partial charge < -0.3 is 20.4 Å². The number of aliphatic hydroxyl groups is 2. The molecule has 2 aromatic carbocycles. The van der Waals surface area contributed by atoms with Gasteiger partial charge in [-0.1, -0.05) is 42.1 Å². The minimum absolute atomic E-state index is 0.00903. The highest BCUT2D eigenvalue weighted by molar-refractivity contribution is 7.98. The second-order valence-electron chi connectivity index (χ2n) is 8.17. The van der Waals surface area contributed by atoms with E-state index in [0.717, 1.165) is 5.56 Å². The van der Waals surface area contributed by atoms with Crippen LogP contribution in [0.1, 0.15) is 28.8 Å². The molecule has 0 amide bonds. The van der Waals surface area contributed by atoms with Gasteiger partial charge in [-0.2, -0.15) is 10.5 Å². The molecule has 0 aliphatic heterocycles. The predicted octanol–water partition coefficient (Wildman–Crippen LogP) is 4.45. The van der Waals surface area contributed by atoms with Gasteiger partial charge in [-0.3, -0.25) is 0 Å². The van der Waals surface area contributed by atoms with E-state index in [1.165, 1.54) is 30.2 Å². The van der Waals surface area contributed by atoms with Crippen LogP contribution in [0.5, 0.6) is 0 Å². The molecule has 4 aromatic rings. The van der Waals surface area contributed by atoms with Gasteiger partial charge in [-0.15, -0.1) is 0 Å². The van der Waals surface area contributed by atoms with Crippen molar-refractivity contribution >= 4 is 17.6 Å². The number of hydrogen-bond donors (Lipinski definition) is 3. The number of hydrogen-bond acceptors (Lipinski definition) is 9.